The lowest BCUT2D eigenvalue weighted by atomic mass is 10.2. The Morgan fingerprint density at radius 1 is 1.29 bits per heavy atom. The van der Waals surface area contributed by atoms with Gasteiger partial charge >= 0.3 is 6.18 Å². The van der Waals surface area contributed by atoms with Crippen LogP contribution in [0.2, 0.25) is 0 Å². The van der Waals surface area contributed by atoms with E-state index in [-0.39, 0.29) is 18.6 Å². The highest BCUT2D eigenvalue weighted by Gasteiger charge is 2.28. The zero-order chi connectivity index (χ0) is 17.7. The second kappa shape index (κ2) is 7.37. The molecule has 0 saturated heterocycles. The molecule has 8 heteroatoms. The number of carbonyl (C=O) groups excluding carboxylic acids is 1. The number of aromatic nitrogens is 2. The Morgan fingerprint density at radius 2 is 1.96 bits per heavy atom. The monoisotopic (exact) mass is 341 g/mol. The van der Waals surface area contributed by atoms with Crippen LogP contribution in [-0.2, 0) is 13.1 Å². The van der Waals surface area contributed by atoms with E-state index in [1.807, 2.05) is 13.8 Å². The average molecular weight is 341 g/mol. The van der Waals surface area contributed by atoms with Crippen LogP contribution in [0.15, 0.2) is 36.7 Å². The number of hydrogen-bond donors (Lipinski definition) is 1. The zero-order valence-electron chi connectivity index (χ0n) is 13.3. The highest BCUT2D eigenvalue weighted by atomic mass is 19.4. The maximum absolute atomic E-state index is 12.3. The fourth-order valence-electron chi connectivity index (χ4n) is 2.01. The van der Waals surface area contributed by atoms with Crippen molar-refractivity contribution in [2.75, 3.05) is 0 Å². The third-order valence-corrected chi connectivity index (χ3v) is 2.97. The molecular formula is C16H18F3N3O2. The summed E-state index contributed by atoms with van der Waals surface area (Å²) >= 11 is 0. The quantitative estimate of drug-likeness (QED) is 0.878. The van der Waals surface area contributed by atoms with Gasteiger partial charge in [-0.05, 0) is 38.1 Å². The number of carbonyl (C=O) groups is 1. The number of ether oxygens (including phenoxy) is 1. The van der Waals surface area contributed by atoms with Crippen LogP contribution in [0.4, 0.5) is 13.2 Å². The van der Waals surface area contributed by atoms with Gasteiger partial charge in [0.15, 0.2) is 0 Å². The minimum absolute atomic E-state index is 0.0397. The molecule has 0 fully saturated rings. The van der Waals surface area contributed by atoms with Gasteiger partial charge in [0.1, 0.15) is 12.3 Å². The molecule has 1 aromatic carbocycles. The lowest BCUT2D eigenvalue weighted by Gasteiger charge is -2.10. The van der Waals surface area contributed by atoms with Crippen LogP contribution in [-0.4, -0.2) is 28.0 Å². The molecule has 1 N–H and O–H groups in total. The molecule has 0 aliphatic carbocycles. The van der Waals surface area contributed by atoms with Crippen molar-refractivity contribution < 1.29 is 22.7 Å². The van der Waals surface area contributed by atoms with Crippen LogP contribution in [0.25, 0.3) is 0 Å². The number of nitrogens with zero attached hydrogens (tertiary/aromatic N) is 2. The van der Waals surface area contributed by atoms with Gasteiger partial charge < -0.3 is 10.1 Å². The van der Waals surface area contributed by atoms with Crippen LogP contribution in [0.1, 0.15) is 29.8 Å². The summed E-state index contributed by atoms with van der Waals surface area (Å²) in [6.07, 6.45) is -1.73. The Kier molecular flexibility index (Phi) is 5.48. The normalized spacial score (nSPS) is 11.6. The molecule has 1 heterocycles. The molecule has 130 valence electrons. The largest absolute Gasteiger partial charge is 0.491 e. The average Bonchev–Trinajstić information content (AvgIpc) is 2.90. The Bertz CT molecular complexity index is 679. The summed E-state index contributed by atoms with van der Waals surface area (Å²) in [4.78, 5) is 12.0. The summed E-state index contributed by atoms with van der Waals surface area (Å²) < 4.78 is 43.0. The lowest BCUT2D eigenvalue weighted by molar-refractivity contribution is -0.142. The van der Waals surface area contributed by atoms with E-state index < -0.39 is 12.7 Å². The molecule has 0 spiro atoms. The molecular weight excluding hydrogens is 323 g/mol. The molecule has 5 nitrogen and oxygen atoms in total. The summed E-state index contributed by atoms with van der Waals surface area (Å²) in [6.45, 7) is 2.75. The molecule has 0 bridgehead atoms. The number of rotatable bonds is 6. The molecule has 1 amide bonds. The number of halogens is 3. The first-order valence-corrected chi connectivity index (χ1v) is 7.36. The third kappa shape index (κ3) is 5.60. The van der Waals surface area contributed by atoms with E-state index in [1.165, 1.54) is 12.4 Å². The molecule has 0 radical (unpaired) electrons. The molecule has 0 aliphatic rings. The van der Waals surface area contributed by atoms with Gasteiger partial charge in [-0.1, -0.05) is 0 Å². The Hall–Kier alpha value is -2.51. The number of amides is 1. The van der Waals surface area contributed by atoms with Crippen molar-refractivity contribution in [3.8, 4) is 5.75 Å². The van der Waals surface area contributed by atoms with Crippen LogP contribution in [0.5, 0.6) is 5.75 Å². The third-order valence-electron chi connectivity index (χ3n) is 2.97. The summed E-state index contributed by atoms with van der Waals surface area (Å²) in [5.41, 5.74) is 0.932. The fraction of sp³-hybridized carbons (Fsp3) is 0.375. The van der Waals surface area contributed by atoms with Crippen LogP contribution in [0.3, 0.4) is 0 Å². The van der Waals surface area contributed by atoms with E-state index in [2.05, 4.69) is 10.4 Å². The van der Waals surface area contributed by atoms with E-state index >= 15 is 0 Å². The molecule has 0 atom stereocenters. The van der Waals surface area contributed by atoms with Crippen molar-refractivity contribution >= 4 is 5.91 Å². The molecule has 0 unspecified atom stereocenters. The number of hydrogen-bond acceptors (Lipinski definition) is 3. The van der Waals surface area contributed by atoms with Crippen molar-refractivity contribution in [1.29, 1.82) is 0 Å². The number of alkyl halides is 3. The van der Waals surface area contributed by atoms with Crippen molar-refractivity contribution in [2.45, 2.75) is 39.2 Å². The fourth-order valence-corrected chi connectivity index (χ4v) is 2.01. The maximum atomic E-state index is 12.3. The molecule has 1 aromatic heterocycles. The highest BCUT2D eigenvalue weighted by molar-refractivity contribution is 5.94. The summed E-state index contributed by atoms with van der Waals surface area (Å²) in [5.74, 6) is 0.338. The van der Waals surface area contributed by atoms with Gasteiger partial charge in [0.2, 0.25) is 0 Å². The highest BCUT2D eigenvalue weighted by Crippen LogP contribution is 2.17. The maximum Gasteiger partial charge on any atom is 0.408 e. The topological polar surface area (TPSA) is 56.1 Å². The van der Waals surface area contributed by atoms with Crippen LogP contribution in [0, 0.1) is 0 Å². The summed E-state index contributed by atoms with van der Waals surface area (Å²) in [5, 5.41) is 6.26. The lowest BCUT2D eigenvalue weighted by Crippen LogP contribution is -2.22. The first-order chi connectivity index (χ1) is 11.2. The predicted molar refractivity (Wildman–Crippen MR) is 81.7 cm³/mol. The van der Waals surface area contributed by atoms with Gasteiger partial charge in [0.05, 0.1) is 12.3 Å². The smallest absolute Gasteiger partial charge is 0.408 e. The van der Waals surface area contributed by atoms with Crippen molar-refractivity contribution in [1.82, 2.24) is 15.1 Å². The minimum Gasteiger partial charge on any atom is -0.491 e. The van der Waals surface area contributed by atoms with Crippen molar-refractivity contribution in [2.24, 2.45) is 0 Å². The molecule has 0 saturated carbocycles. The van der Waals surface area contributed by atoms with E-state index in [0.29, 0.717) is 16.9 Å². The second-order valence-corrected chi connectivity index (χ2v) is 5.54. The summed E-state index contributed by atoms with van der Waals surface area (Å²) in [6, 6.07) is 6.63. The van der Waals surface area contributed by atoms with E-state index in [4.69, 9.17) is 4.74 Å². The van der Waals surface area contributed by atoms with Crippen LogP contribution < -0.4 is 10.1 Å². The van der Waals surface area contributed by atoms with E-state index in [9.17, 15) is 18.0 Å². The zero-order valence-corrected chi connectivity index (χ0v) is 13.3. The van der Waals surface area contributed by atoms with E-state index in [0.717, 1.165) is 4.68 Å². The van der Waals surface area contributed by atoms with Gasteiger partial charge in [0.25, 0.3) is 5.91 Å². The number of benzene rings is 1. The SMILES string of the molecule is CC(C)Oc1ccc(C(=O)NCc2cnn(CC(F)(F)F)c2)cc1. The van der Waals surface area contributed by atoms with Crippen molar-refractivity contribution in [3.63, 3.8) is 0 Å². The standard InChI is InChI=1S/C16H18F3N3O2/c1-11(2)24-14-5-3-13(4-6-14)15(23)20-7-12-8-21-22(9-12)10-16(17,18)19/h3-6,8-9,11H,7,10H2,1-2H3,(H,20,23). The Balaban J connectivity index is 1.89. The van der Waals surface area contributed by atoms with Gasteiger partial charge in [0, 0.05) is 23.9 Å². The number of nitrogens with one attached hydrogen (secondary N) is 1. The second-order valence-electron chi connectivity index (χ2n) is 5.54. The molecule has 2 rings (SSSR count). The van der Waals surface area contributed by atoms with Gasteiger partial charge in [-0.2, -0.15) is 18.3 Å². The van der Waals surface area contributed by atoms with Crippen molar-refractivity contribution in [3.05, 3.63) is 47.8 Å². The first-order valence-electron chi connectivity index (χ1n) is 7.36. The molecule has 0 aliphatic heterocycles. The van der Waals surface area contributed by atoms with Gasteiger partial charge in [-0.3, -0.25) is 9.48 Å². The summed E-state index contributed by atoms with van der Waals surface area (Å²) in [7, 11) is 0. The molecule has 24 heavy (non-hydrogen) atoms. The molecule has 2 aromatic rings. The Morgan fingerprint density at radius 3 is 2.54 bits per heavy atom. The van der Waals surface area contributed by atoms with E-state index in [1.54, 1.807) is 24.3 Å². The minimum atomic E-state index is -4.33. The predicted octanol–water partition coefficient (Wildman–Crippen LogP) is 3.16. The first kappa shape index (κ1) is 17.8. The Labute approximate surface area is 137 Å². The van der Waals surface area contributed by atoms with Gasteiger partial charge in [-0.25, -0.2) is 0 Å². The van der Waals surface area contributed by atoms with Crippen LogP contribution >= 0.6 is 0 Å². The van der Waals surface area contributed by atoms with Gasteiger partial charge in [-0.15, -0.1) is 0 Å².